The Hall–Kier alpha value is -3.48. The molecule has 1 amide bonds. The predicted molar refractivity (Wildman–Crippen MR) is 136 cm³/mol. The van der Waals surface area contributed by atoms with Crippen LogP contribution in [0.5, 0.6) is 5.75 Å². The van der Waals surface area contributed by atoms with E-state index in [1.165, 1.54) is 5.56 Å². The highest BCUT2D eigenvalue weighted by molar-refractivity contribution is 6.31. The van der Waals surface area contributed by atoms with Gasteiger partial charge in [-0.15, -0.1) is 0 Å². The van der Waals surface area contributed by atoms with E-state index in [2.05, 4.69) is 4.98 Å². The summed E-state index contributed by atoms with van der Waals surface area (Å²) in [4.78, 5) is 18.6. The standard InChI is InChI=1S/C28H27ClN2O4/c29-21-9-12-25-24(17-21)23-13-14-31(28(33)35-18-19-5-2-1-3-6-19)27(26(23)30-25)20-7-10-22(11-8-20)34-16-4-15-32/h1-3,5-12,17,27,30,32H,4,13-16,18H2. The quantitative estimate of drug-likeness (QED) is 0.318. The Morgan fingerprint density at radius 3 is 2.66 bits per heavy atom. The van der Waals surface area contributed by atoms with E-state index in [-0.39, 0.29) is 25.3 Å². The lowest BCUT2D eigenvalue weighted by Crippen LogP contribution is -2.40. The van der Waals surface area contributed by atoms with Gasteiger partial charge in [-0.25, -0.2) is 4.79 Å². The van der Waals surface area contributed by atoms with Crippen molar-refractivity contribution in [2.75, 3.05) is 19.8 Å². The van der Waals surface area contributed by atoms with Crippen LogP contribution in [0.25, 0.3) is 10.9 Å². The number of H-pyrrole nitrogens is 1. The van der Waals surface area contributed by atoms with E-state index in [4.69, 9.17) is 26.2 Å². The molecular formula is C28H27ClN2O4. The molecule has 2 N–H and O–H groups in total. The van der Waals surface area contributed by atoms with Gasteiger partial charge >= 0.3 is 6.09 Å². The summed E-state index contributed by atoms with van der Waals surface area (Å²) in [6, 6.07) is 22.9. The maximum atomic E-state index is 13.3. The molecule has 0 saturated carbocycles. The number of aromatic nitrogens is 1. The Kier molecular flexibility index (Phi) is 6.93. The third-order valence-electron chi connectivity index (χ3n) is 6.30. The summed E-state index contributed by atoms with van der Waals surface area (Å²) < 4.78 is 11.4. The fourth-order valence-electron chi connectivity index (χ4n) is 4.61. The number of aliphatic hydroxyl groups excluding tert-OH is 1. The fourth-order valence-corrected chi connectivity index (χ4v) is 4.78. The molecule has 7 heteroatoms. The first-order chi connectivity index (χ1) is 17.1. The highest BCUT2D eigenvalue weighted by Crippen LogP contribution is 2.39. The number of nitrogens with one attached hydrogen (secondary N) is 1. The molecular weight excluding hydrogens is 464 g/mol. The van der Waals surface area contributed by atoms with Gasteiger partial charge < -0.3 is 19.6 Å². The zero-order valence-corrected chi connectivity index (χ0v) is 20.0. The van der Waals surface area contributed by atoms with Crippen molar-refractivity contribution in [2.24, 2.45) is 0 Å². The molecule has 4 aromatic rings. The van der Waals surface area contributed by atoms with Crippen LogP contribution in [0.2, 0.25) is 5.02 Å². The van der Waals surface area contributed by atoms with Crippen molar-refractivity contribution in [3.8, 4) is 5.75 Å². The molecule has 35 heavy (non-hydrogen) atoms. The largest absolute Gasteiger partial charge is 0.494 e. The van der Waals surface area contributed by atoms with Crippen LogP contribution in [0.3, 0.4) is 0 Å². The van der Waals surface area contributed by atoms with Gasteiger partial charge in [-0.05, 0) is 53.4 Å². The summed E-state index contributed by atoms with van der Waals surface area (Å²) in [6.07, 6.45) is 0.922. The van der Waals surface area contributed by atoms with Gasteiger partial charge in [-0.1, -0.05) is 54.1 Å². The van der Waals surface area contributed by atoms with Crippen molar-refractivity contribution in [1.82, 2.24) is 9.88 Å². The molecule has 0 saturated heterocycles. The lowest BCUT2D eigenvalue weighted by atomic mass is 9.92. The maximum absolute atomic E-state index is 13.3. The number of hydrogen-bond donors (Lipinski definition) is 2. The van der Waals surface area contributed by atoms with Crippen molar-refractivity contribution in [3.05, 3.63) is 100 Å². The van der Waals surface area contributed by atoms with E-state index in [9.17, 15) is 4.79 Å². The summed E-state index contributed by atoms with van der Waals surface area (Å²) in [7, 11) is 0. The van der Waals surface area contributed by atoms with Crippen molar-refractivity contribution in [2.45, 2.75) is 25.5 Å². The summed E-state index contributed by atoms with van der Waals surface area (Å²) in [6.45, 7) is 1.28. The van der Waals surface area contributed by atoms with Gasteiger partial charge in [0.1, 0.15) is 18.4 Å². The molecule has 0 bridgehead atoms. The minimum Gasteiger partial charge on any atom is -0.494 e. The Labute approximate surface area is 209 Å². The second-order valence-electron chi connectivity index (χ2n) is 8.59. The van der Waals surface area contributed by atoms with Gasteiger partial charge in [0.25, 0.3) is 0 Å². The first-order valence-corrected chi connectivity index (χ1v) is 12.1. The monoisotopic (exact) mass is 490 g/mol. The summed E-state index contributed by atoms with van der Waals surface area (Å²) in [5.41, 5.74) is 5.03. The molecule has 6 nitrogen and oxygen atoms in total. The van der Waals surface area contributed by atoms with Crippen molar-refractivity contribution in [3.63, 3.8) is 0 Å². The number of carbonyl (C=O) groups is 1. The van der Waals surface area contributed by atoms with Crippen LogP contribution in [-0.2, 0) is 17.8 Å². The number of carbonyl (C=O) groups excluding carboxylic acids is 1. The van der Waals surface area contributed by atoms with E-state index in [0.717, 1.165) is 33.5 Å². The molecule has 180 valence electrons. The first kappa shape index (κ1) is 23.3. The molecule has 0 spiro atoms. The lowest BCUT2D eigenvalue weighted by Gasteiger charge is -2.35. The van der Waals surface area contributed by atoms with Gasteiger partial charge in [0.05, 0.1) is 6.61 Å². The Balaban J connectivity index is 1.47. The van der Waals surface area contributed by atoms with Gasteiger partial charge in [0, 0.05) is 41.2 Å². The number of benzene rings is 3. The molecule has 5 rings (SSSR count). The highest BCUT2D eigenvalue weighted by Gasteiger charge is 2.35. The summed E-state index contributed by atoms with van der Waals surface area (Å²) >= 11 is 6.29. The minimum atomic E-state index is -0.357. The average Bonchev–Trinajstić information content (AvgIpc) is 3.26. The van der Waals surface area contributed by atoms with Crippen LogP contribution < -0.4 is 4.74 Å². The zero-order chi connectivity index (χ0) is 24.2. The Morgan fingerprint density at radius 1 is 1.09 bits per heavy atom. The molecule has 1 aliphatic rings. The number of halogens is 1. The van der Waals surface area contributed by atoms with Crippen molar-refractivity contribution >= 4 is 28.6 Å². The van der Waals surface area contributed by atoms with Crippen molar-refractivity contribution < 1.29 is 19.4 Å². The third kappa shape index (κ3) is 4.99. The van der Waals surface area contributed by atoms with E-state index in [1.807, 2.05) is 72.8 Å². The average molecular weight is 491 g/mol. The summed E-state index contributed by atoms with van der Waals surface area (Å²) in [5, 5.41) is 10.8. The van der Waals surface area contributed by atoms with E-state index < -0.39 is 0 Å². The number of rotatable bonds is 7. The van der Waals surface area contributed by atoms with E-state index in [1.54, 1.807) is 4.90 Å². The molecule has 0 fully saturated rings. The maximum Gasteiger partial charge on any atom is 0.410 e. The molecule has 0 radical (unpaired) electrons. The number of fused-ring (bicyclic) bond motifs is 3. The third-order valence-corrected chi connectivity index (χ3v) is 6.53. The summed E-state index contributed by atoms with van der Waals surface area (Å²) in [5.74, 6) is 0.722. The minimum absolute atomic E-state index is 0.0907. The van der Waals surface area contributed by atoms with Crippen molar-refractivity contribution in [1.29, 1.82) is 0 Å². The number of aromatic amines is 1. The van der Waals surface area contributed by atoms with Gasteiger partial charge in [0.2, 0.25) is 0 Å². The molecule has 1 atom stereocenters. The Bertz CT molecular complexity index is 1300. The van der Waals surface area contributed by atoms with Gasteiger partial charge in [-0.3, -0.25) is 4.90 Å². The first-order valence-electron chi connectivity index (χ1n) is 11.7. The van der Waals surface area contributed by atoms with Crippen LogP contribution in [0, 0.1) is 0 Å². The number of aliphatic hydroxyl groups is 1. The van der Waals surface area contributed by atoms with Crippen LogP contribution in [-0.4, -0.2) is 40.8 Å². The lowest BCUT2D eigenvalue weighted by molar-refractivity contribution is 0.0832. The normalized spacial score (nSPS) is 15.1. The fraction of sp³-hybridized carbons (Fsp3) is 0.250. The van der Waals surface area contributed by atoms with Gasteiger partial charge in [0.15, 0.2) is 0 Å². The van der Waals surface area contributed by atoms with Gasteiger partial charge in [-0.2, -0.15) is 0 Å². The van der Waals surface area contributed by atoms with E-state index >= 15 is 0 Å². The molecule has 1 unspecified atom stereocenters. The zero-order valence-electron chi connectivity index (χ0n) is 19.2. The molecule has 3 aromatic carbocycles. The van der Waals surface area contributed by atoms with Crippen LogP contribution in [0.1, 0.15) is 34.8 Å². The molecule has 1 aliphatic heterocycles. The number of amides is 1. The number of hydrogen-bond acceptors (Lipinski definition) is 4. The number of ether oxygens (including phenoxy) is 2. The van der Waals surface area contributed by atoms with Crippen LogP contribution >= 0.6 is 11.6 Å². The Morgan fingerprint density at radius 2 is 1.89 bits per heavy atom. The predicted octanol–water partition coefficient (Wildman–Crippen LogP) is 5.87. The molecule has 1 aromatic heterocycles. The second-order valence-corrected chi connectivity index (χ2v) is 9.02. The van der Waals surface area contributed by atoms with E-state index in [0.29, 0.717) is 31.0 Å². The van der Waals surface area contributed by atoms with Crippen LogP contribution in [0.15, 0.2) is 72.8 Å². The highest BCUT2D eigenvalue weighted by atomic mass is 35.5. The SMILES string of the molecule is O=C(OCc1ccccc1)N1CCc2c([nH]c3ccc(Cl)cc23)C1c1ccc(OCCCO)cc1. The molecule has 0 aliphatic carbocycles. The smallest absolute Gasteiger partial charge is 0.410 e. The molecule has 2 heterocycles. The topological polar surface area (TPSA) is 74.8 Å². The second kappa shape index (κ2) is 10.4. The van der Waals surface area contributed by atoms with Crippen LogP contribution in [0.4, 0.5) is 4.79 Å². The number of nitrogens with zero attached hydrogens (tertiary/aromatic N) is 1.